The van der Waals surface area contributed by atoms with Gasteiger partial charge < -0.3 is 10.1 Å². The summed E-state index contributed by atoms with van der Waals surface area (Å²) in [5.74, 6) is 0. The van der Waals surface area contributed by atoms with E-state index in [1.165, 1.54) is 5.56 Å². The third kappa shape index (κ3) is 4.49. The Morgan fingerprint density at radius 1 is 1.10 bits per heavy atom. The Morgan fingerprint density at radius 3 is 2.33 bits per heavy atom. The maximum absolute atomic E-state index is 11.3. The van der Waals surface area contributed by atoms with Crippen LogP contribution in [0.2, 0.25) is 0 Å². The summed E-state index contributed by atoms with van der Waals surface area (Å²) < 4.78 is 5.89. The van der Waals surface area contributed by atoms with Gasteiger partial charge in [0.25, 0.3) is 0 Å². The molecule has 0 saturated heterocycles. The number of carbonyl (C=O) groups is 1. The molecular formula is C16H17BrN2O2. The average Bonchev–Trinajstić information content (AvgIpc) is 2.45. The minimum absolute atomic E-state index is 0.355. The Kier molecular flexibility index (Phi) is 5.22. The second-order valence-corrected chi connectivity index (χ2v) is 5.37. The predicted octanol–water partition coefficient (Wildman–Crippen LogP) is 5.07. The van der Waals surface area contributed by atoms with Crippen LogP contribution in [0.4, 0.5) is 21.9 Å². The molecular weight excluding hydrogens is 332 g/mol. The Morgan fingerprint density at radius 2 is 1.71 bits per heavy atom. The highest BCUT2D eigenvalue weighted by Gasteiger charge is 2.02. The van der Waals surface area contributed by atoms with Crippen molar-refractivity contribution in [1.82, 2.24) is 0 Å². The molecule has 0 aliphatic rings. The van der Waals surface area contributed by atoms with Gasteiger partial charge >= 0.3 is 6.09 Å². The molecule has 0 unspecified atom stereocenters. The Hall–Kier alpha value is -2.01. The lowest BCUT2D eigenvalue weighted by atomic mass is 10.2. The van der Waals surface area contributed by atoms with Crippen molar-refractivity contribution in [2.75, 3.05) is 17.2 Å². The first-order valence-electron chi connectivity index (χ1n) is 6.65. The van der Waals surface area contributed by atoms with E-state index in [1.807, 2.05) is 49.4 Å². The number of rotatable bonds is 4. The zero-order valence-corrected chi connectivity index (χ0v) is 13.5. The Bertz CT molecular complexity index is 627. The third-order valence-electron chi connectivity index (χ3n) is 2.87. The molecule has 5 heteroatoms. The summed E-state index contributed by atoms with van der Waals surface area (Å²) in [6, 6.07) is 13.5. The van der Waals surface area contributed by atoms with Crippen LogP contribution in [-0.2, 0) is 4.74 Å². The fraction of sp³-hybridized carbons (Fsp3) is 0.188. The zero-order valence-electron chi connectivity index (χ0n) is 11.9. The van der Waals surface area contributed by atoms with Crippen molar-refractivity contribution in [1.29, 1.82) is 0 Å². The van der Waals surface area contributed by atoms with Gasteiger partial charge in [-0.15, -0.1) is 0 Å². The third-order valence-corrected chi connectivity index (χ3v) is 3.72. The van der Waals surface area contributed by atoms with Gasteiger partial charge in [-0.25, -0.2) is 4.79 Å². The van der Waals surface area contributed by atoms with Gasteiger partial charge in [0.1, 0.15) is 0 Å². The Labute approximate surface area is 132 Å². The molecule has 0 heterocycles. The summed E-state index contributed by atoms with van der Waals surface area (Å²) in [5.41, 5.74) is 3.83. The number of aryl methyl sites for hydroxylation is 1. The van der Waals surface area contributed by atoms with E-state index in [1.54, 1.807) is 6.92 Å². The summed E-state index contributed by atoms with van der Waals surface area (Å²) in [6.45, 7) is 4.17. The van der Waals surface area contributed by atoms with Crippen molar-refractivity contribution in [3.63, 3.8) is 0 Å². The monoisotopic (exact) mass is 348 g/mol. The van der Waals surface area contributed by atoms with Crippen LogP contribution in [0, 0.1) is 6.92 Å². The van der Waals surface area contributed by atoms with E-state index in [0.717, 1.165) is 15.8 Å². The normalized spacial score (nSPS) is 10.0. The topological polar surface area (TPSA) is 50.4 Å². The van der Waals surface area contributed by atoms with E-state index in [4.69, 9.17) is 4.74 Å². The maximum atomic E-state index is 11.3. The molecule has 2 N–H and O–H groups in total. The molecule has 4 nitrogen and oxygen atoms in total. The summed E-state index contributed by atoms with van der Waals surface area (Å²) in [6.07, 6.45) is -0.444. The van der Waals surface area contributed by atoms with Crippen molar-refractivity contribution in [3.8, 4) is 0 Å². The quantitative estimate of drug-likeness (QED) is 0.810. The summed E-state index contributed by atoms with van der Waals surface area (Å²) in [5, 5.41) is 5.96. The molecule has 0 aliphatic carbocycles. The number of hydrogen-bond donors (Lipinski definition) is 2. The van der Waals surface area contributed by atoms with Crippen molar-refractivity contribution in [2.24, 2.45) is 0 Å². The lowest BCUT2D eigenvalue weighted by molar-refractivity contribution is 0.168. The van der Waals surface area contributed by atoms with E-state index in [9.17, 15) is 4.79 Å². The molecule has 0 aromatic heterocycles. The van der Waals surface area contributed by atoms with Crippen LogP contribution < -0.4 is 10.6 Å². The molecule has 0 saturated carbocycles. The highest BCUT2D eigenvalue weighted by atomic mass is 79.9. The van der Waals surface area contributed by atoms with E-state index in [0.29, 0.717) is 12.3 Å². The molecule has 2 aromatic carbocycles. The van der Waals surface area contributed by atoms with Crippen LogP contribution in [0.25, 0.3) is 0 Å². The highest BCUT2D eigenvalue weighted by Crippen LogP contribution is 2.24. The maximum Gasteiger partial charge on any atom is 0.411 e. The number of nitrogens with one attached hydrogen (secondary N) is 2. The van der Waals surface area contributed by atoms with E-state index in [-0.39, 0.29) is 0 Å². The van der Waals surface area contributed by atoms with Gasteiger partial charge in [-0.2, -0.15) is 0 Å². The van der Waals surface area contributed by atoms with E-state index >= 15 is 0 Å². The first-order chi connectivity index (χ1) is 10.1. The van der Waals surface area contributed by atoms with Gasteiger partial charge in [-0.05, 0) is 55.8 Å². The number of ether oxygens (including phenoxy) is 1. The van der Waals surface area contributed by atoms with E-state index in [2.05, 4.69) is 26.6 Å². The first kappa shape index (κ1) is 15.4. The lowest BCUT2D eigenvalue weighted by Crippen LogP contribution is -2.13. The molecule has 0 radical (unpaired) electrons. The number of anilines is 3. The average molecular weight is 349 g/mol. The van der Waals surface area contributed by atoms with Crippen LogP contribution in [0.15, 0.2) is 46.9 Å². The standard InChI is InChI=1S/C16H17BrN2O2/c1-3-21-16(20)19-13-8-6-12(7-9-13)18-14-5-4-11(2)15(17)10-14/h4-10,18H,3H2,1-2H3,(H,19,20). The SMILES string of the molecule is CCOC(=O)Nc1ccc(Nc2ccc(C)c(Br)c2)cc1. The van der Waals surface area contributed by atoms with E-state index < -0.39 is 6.09 Å². The van der Waals surface area contributed by atoms with Gasteiger partial charge in [-0.3, -0.25) is 5.32 Å². The van der Waals surface area contributed by atoms with Crippen molar-refractivity contribution in [2.45, 2.75) is 13.8 Å². The Balaban J connectivity index is 2.01. The molecule has 0 spiro atoms. The fourth-order valence-electron chi connectivity index (χ4n) is 1.76. The molecule has 0 aliphatic heterocycles. The van der Waals surface area contributed by atoms with Crippen LogP contribution in [0.1, 0.15) is 12.5 Å². The summed E-state index contributed by atoms with van der Waals surface area (Å²) in [7, 11) is 0. The predicted molar refractivity (Wildman–Crippen MR) is 89.2 cm³/mol. The van der Waals surface area contributed by atoms with Crippen molar-refractivity contribution < 1.29 is 9.53 Å². The summed E-state index contributed by atoms with van der Waals surface area (Å²) in [4.78, 5) is 11.3. The van der Waals surface area contributed by atoms with Crippen LogP contribution >= 0.6 is 15.9 Å². The van der Waals surface area contributed by atoms with Crippen LogP contribution in [0.3, 0.4) is 0 Å². The van der Waals surface area contributed by atoms with Gasteiger partial charge in [0.05, 0.1) is 6.61 Å². The second-order valence-electron chi connectivity index (χ2n) is 4.51. The zero-order chi connectivity index (χ0) is 15.2. The molecule has 0 fully saturated rings. The van der Waals surface area contributed by atoms with Gasteiger partial charge in [0.15, 0.2) is 0 Å². The number of benzene rings is 2. The number of carbonyl (C=O) groups excluding carboxylic acids is 1. The molecule has 0 bridgehead atoms. The molecule has 2 aromatic rings. The van der Waals surface area contributed by atoms with Crippen molar-refractivity contribution in [3.05, 3.63) is 52.5 Å². The first-order valence-corrected chi connectivity index (χ1v) is 7.45. The minimum atomic E-state index is -0.444. The van der Waals surface area contributed by atoms with Gasteiger partial charge in [0.2, 0.25) is 0 Å². The van der Waals surface area contributed by atoms with Gasteiger partial charge in [0, 0.05) is 21.5 Å². The summed E-state index contributed by atoms with van der Waals surface area (Å²) >= 11 is 3.51. The molecule has 110 valence electrons. The van der Waals surface area contributed by atoms with Crippen LogP contribution in [-0.4, -0.2) is 12.7 Å². The smallest absolute Gasteiger partial charge is 0.411 e. The minimum Gasteiger partial charge on any atom is -0.450 e. The highest BCUT2D eigenvalue weighted by molar-refractivity contribution is 9.10. The van der Waals surface area contributed by atoms with Crippen LogP contribution in [0.5, 0.6) is 0 Å². The molecule has 21 heavy (non-hydrogen) atoms. The molecule has 0 atom stereocenters. The lowest BCUT2D eigenvalue weighted by Gasteiger charge is -2.09. The number of amides is 1. The largest absolute Gasteiger partial charge is 0.450 e. The number of halogens is 1. The number of hydrogen-bond acceptors (Lipinski definition) is 3. The van der Waals surface area contributed by atoms with Crippen molar-refractivity contribution >= 4 is 39.1 Å². The molecule has 1 amide bonds. The fourth-order valence-corrected chi connectivity index (χ4v) is 2.14. The molecule has 2 rings (SSSR count). The van der Waals surface area contributed by atoms with Gasteiger partial charge in [-0.1, -0.05) is 22.0 Å². The second kappa shape index (κ2) is 7.13.